The number of aromatic nitrogens is 2. The number of halogens is 2. The summed E-state index contributed by atoms with van der Waals surface area (Å²) < 4.78 is 34.9. The number of nitrogens with zero attached hydrogens (tertiary/aromatic N) is 3. The topological polar surface area (TPSA) is 96.2 Å². The predicted octanol–water partition coefficient (Wildman–Crippen LogP) is 4.04. The molecule has 1 fully saturated rings. The van der Waals surface area contributed by atoms with Gasteiger partial charge in [-0.3, -0.25) is 9.20 Å². The molecule has 4 rings (SSSR count). The lowest BCUT2D eigenvalue weighted by atomic mass is 10.0. The number of hydrogen-bond donors (Lipinski definition) is 2. The van der Waals surface area contributed by atoms with Crippen LogP contribution in [0.5, 0.6) is 0 Å². The molecule has 1 aliphatic heterocycles. The van der Waals surface area contributed by atoms with Gasteiger partial charge in [0.1, 0.15) is 17.6 Å². The van der Waals surface area contributed by atoms with Gasteiger partial charge in [-0.1, -0.05) is 12.1 Å². The van der Waals surface area contributed by atoms with E-state index in [1.54, 1.807) is 36.2 Å². The van der Waals surface area contributed by atoms with Crippen LogP contribution in [0.4, 0.5) is 20.3 Å². The number of carbonyl (C=O) groups is 1. The van der Waals surface area contributed by atoms with E-state index in [0.29, 0.717) is 28.3 Å². The lowest BCUT2D eigenvalue weighted by molar-refractivity contribution is -0.132. The number of methoxy groups -OCH3 is 1. The van der Waals surface area contributed by atoms with Gasteiger partial charge in [0.25, 0.3) is 11.5 Å². The molecule has 1 saturated heterocycles. The highest BCUT2D eigenvalue weighted by molar-refractivity contribution is 5.94. The van der Waals surface area contributed by atoms with Crippen LogP contribution in [-0.2, 0) is 4.74 Å². The maximum absolute atomic E-state index is 14.2. The smallest absolute Gasteiger partial charge is 0.337 e. The molecule has 0 saturated carbocycles. The van der Waals surface area contributed by atoms with Gasteiger partial charge >= 0.3 is 5.97 Å². The monoisotopic (exact) mass is 486 g/mol. The standard InChI is InChI=1S/C25H28F2N4O4/c1-14-11-18(16(3)28-19-8-6-5-7-17(19)24(33)34)22-29-21(15(2)23(32)31(22)12-14)30-10-9-25(26,27)20(13-30)35-4/h5-8,11-12,16,20,28H,9-10,13H2,1-4H3,(H,33,34)/t16-,20-/m1/s1. The number of hydrogen-bond acceptors (Lipinski definition) is 6. The van der Waals surface area contributed by atoms with Crippen molar-refractivity contribution in [2.45, 2.75) is 45.3 Å². The number of piperidine rings is 1. The van der Waals surface area contributed by atoms with Crippen LogP contribution in [0.1, 0.15) is 46.4 Å². The third-order valence-corrected chi connectivity index (χ3v) is 6.44. The van der Waals surface area contributed by atoms with Crippen LogP contribution in [-0.4, -0.2) is 52.7 Å². The molecule has 2 atom stereocenters. The van der Waals surface area contributed by atoms with Crippen molar-refractivity contribution in [2.75, 3.05) is 30.4 Å². The van der Waals surface area contributed by atoms with E-state index in [9.17, 15) is 23.5 Å². The first kappa shape index (κ1) is 24.6. The average Bonchev–Trinajstić information content (AvgIpc) is 2.81. The lowest BCUT2D eigenvalue weighted by Gasteiger charge is -2.38. The van der Waals surface area contributed by atoms with Crippen molar-refractivity contribution in [2.24, 2.45) is 0 Å². The predicted molar refractivity (Wildman–Crippen MR) is 129 cm³/mol. The number of ether oxygens (including phenoxy) is 1. The molecule has 10 heteroatoms. The summed E-state index contributed by atoms with van der Waals surface area (Å²) in [6.07, 6.45) is -0.0245. The number of nitrogens with one attached hydrogen (secondary N) is 1. The summed E-state index contributed by atoms with van der Waals surface area (Å²) in [5, 5.41) is 12.7. The molecule has 0 spiro atoms. The highest BCUT2D eigenvalue weighted by Crippen LogP contribution is 2.33. The van der Waals surface area contributed by atoms with Crippen molar-refractivity contribution >= 4 is 23.1 Å². The van der Waals surface area contributed by atoms with Gasteiger partial charge in [0.15, 0.2) is 0 Å². The van der Waals surface area contributed by atoms with Gasteiger partial charge in [-0.2, -0.15) is 0 Å². The zero-order valence-corrected chi connectivity index (χ0v) is 20.0. The lowest BCUT2D eigenvalue weighted by Crippen LogP contribution is -2.52. The molecular weight excluding hydrogens is 458 g/mol. The molecule has 186 valence electrons. The van der Waals surface area contributed by atoms with Crippen LogP contribution >= 0.6 is 0 Å². The molecule has 35 heavy (non-hydrogen) atoms. The first-order valence-corrected chi connectivity index (χ1v) is 11.3. The molecule has 2 aromatic heterocycles. The number of fused-ring (bicyclic) bond motifs is 1. The number of rotatable bonds is 6. The Morgan fingerprint density at radius 3 is 2.71 bits per heavy atom. The molecule has 3 aromatic rings. The fourth-order valence-electron chi connectivity index (χ4n) is 4.53. The summed E-state index contributed by atoms with van der Waals surface area (Å²) in [6.45, 7) is 5.29. The Morgan fingerprint density at radius 1 is 1.31 bits per heavy atom. The third kappa shape index (κ3) is 4.58. The molecule has 8 nitrogen and oxygen atoms in total. The van der Waals surface area contributed by atoms with E-state index in [2.05, 4.69) is 5.32 Å². The second-order valence-corrected chi connectivity index (χ2v) is 8.93. The Labute approximate surface area is 201 Å². The molecular formula is C25H28F2N4O4. The Bertz CT molecular complexity index is 1340. The summed E-state index contributed by atoms with van der Waals surface area (Å²) in [4.78, 5) is 31.4. The van der Waals surface area contributed by atoms with Crippen molar-refractivity contribution in [1.82, 2.24) is 9.38 Å². The number of carboxylic acid groups (broad SMARTS) is 1. The van der Waals surface area contributed by atoms with Gasteiger partial charge in [0.2, 0.25) is 0 Å². The molecule has 1 aliphatic rings. The van der Waals surface area contributed by atoms with Crippen molar-refractivity contribution in [3.63, 3.8) is 0 Å². The minimum atomic E-state index is -2.96. The quantitative estimate of drug-likeness (QED) is 0.543. The fraction of sp³-hybridized carbons (Fsp3) is 0.400. The van der Waals surface area contributed by atoms with Crippen LogP contribution in [0.2, 0.25) is 0 Å². The van der Waals surface area contributed by atoms with Gasteiger partial charge in [-0.05, 0) is 44.5 Å². The van der Waals surface area contributed by atoms with Crippen molar-refractivity contribution in [1.29, 1.82) is 0 Å². The number of anilines is 2. The number of benzene rings is 1. The first-order chi connectivity index (χ1) is 16.5. The van der Waals surface area contributed by atoms with E-state index in [0.717, 1.165) is 5.56 Å². The van der Waals surface area contributed by atoms with Gasteiger partial charge in [0.05, 0.1) is 23.7 Å². The zero-order chi connectivity index (χ0) is 25.5. The summed E-state index contributed by atoms with van der Waals surface area (Å²) in [5.74, 6) is -3.67. The van der Waals surface area contributed by atoms with Gasteiger partial charge in [-0.15, -0.1) is 0 Å². The van der Waals surface area contributed by atoms with E-state index in [1.807, 2.05) is 19.9 Å². The normalized spacial score (nSPS) is 18.5. The van der Waals surface area contributed by atoms with E-state index < -0.39 is 30.5 Å². The molecule has 0 unspecified atom stereocenters. The fourth-order valence-corrected chi connectivity index (χ4v) is 4.53. The number of alkyl halides is 2. The maximum atomic E-state index is 14.2. The highest BCUT2D eigenvalue weighted by Gasteiger charge is 2.45. The Kier molecular flexibility index (Phi) is 6.50. The van der Waals surface area contributed by atoms with Crippen molar-refractivity contribution in [3.05, 3.63) is 69.1 Å². The minimum Gasteiger partial charge on any atom is -0.478 e. The van der Waals surface area contributed by atoms with Crippen LogP contribution in [0.15, 0.2) is 41.3 Å². The van der Waals surface area contributed by atoms with E-state index >= 15 is 0 Å². The largest absolute Gasteiger partial charge is 0.478 e. The van der Waals surface area contributed by atoms with E-state index in [-0.39, 0.29) is 24.2 Å². The molecule has 0 radical (unpaired) electrons. The minimum absolute atomic E-state index is 0.0390. The Morgan fingerprint density at radius 2 is 2.03 bits per heavy atom. The first-order valence-electron chi connectivity index (χ1n) is 11.3. The number of aromatic carboxylic acids is 1. The number of pyridine rings is 1. The molecule has 0 amide bonds. The number of para-hydroxylation sites is 1. The SMILES string of the molecule is CO[C@@H]1CN(c2nc3c([C@@H](C)Nc4ccccc4C(=O)O)cc(C)cn3c(=O)c2C)CCC1(F)F. The second kappa shape index (κ2) is 9.26. The van der Waals surface area contributed by atoms with Gasteiger partial charge in [0, 0.05) is 37.5 Å². The van der Waals surface area contributed by atoms with Crippen LogP contribution < -0.4 is 15.8 Å². The van der Waals surface area contributed by atoms with E-state index in [4.69, 9.17) is 9.72 Å². The highest BCUT2D eigenvalue weighted by atomic mass is 19.3. The number of aryl methyl sites for hydroxylation is 1. The van der Waals surface area contributed by atoms with Gasteiger partial charge in [-0.25, -0.2) is 18.6 Å². The second-order valence-electron chi connectivity index (χ2n) is 8.93. The summed E-state index contributed by atoms with van der Waals surface area (Å²) in [5.41, 5.74) is 2.49. The van der Waals surface area contributed by atoms with Crippen LogP contribution in [0, 0.1) is 13.8 Å². The maximum Gasteiger partial charge on any atom is 0.337 e. The van der Waals surface area contributed by atoms with Gasteiger partial charge < -0.3 is 20.1 Å². The molecule has 2 N–H and O–H groups in total. The Hall–Kier alpha value is -3.53. The summed E-state index contributed by atoms with van der Waals surface area (Å²) in [6, 6.07) is 8.03. The van der Waals surface area contributed by atoms with Crippen molar-refractivity contribution < 1.29 is 23.4 Å². The summed E-state index contributed by atoms with van der Waals surface area (Å²) in [7, 11) is 1.25. The van der Waals surface area contributed by atoms with E-state index in [1.165, 1.54) is 17.6 Å². The molecule has 1 aromatic carbocycles. The summed E-state index contributed by atoms with van der Waals surface area (Å²) >= 11 is 0. The third-order valence-electron chi connectivity index (χ3n) is 6.44. The molecule has 3 heterocycles. The zero-order valence-electron chi connectivity index (χ0n) is 20.0. The molecule has 0 aliphatic carbocycles. The van der Waals surface area contributed by atoms with Crippen LogP contribution in [0.25, 0.3) is 5.65 Å². The van der Waals surface area contributed by atoms with Crippen molar-refractivity contribution in [3.8, 4) is 0 Å². The average molecular weight is 487 g/mol. The Balaban J connectivity index is 1.80. The van der Waals surface area contributed by atoms with Crippen LogP contribution in [0.3, 0.4) is 0 Å². The molecule has 0 bridgehead atoms. The number of carboxylic acids is 1.